The van der Waals surface area contributed by atoms with Gasteiger partial charge >= 0.3 is 0 Å². The molecule has 156 valence electrons. The van der Waals surface area contributed by atoms with Crippen LogP contribution in [0.15, 0.2) is 83.3 Å². The van der Waals surface area contributed by atoms with Gasteiger partial charge in [-0.3, -0.25) is 4.79 Å². The minimum Gasteiger partial charge on any atom is -0.489 e. The molecule has 0 aliphatic heterocycles. The van der Waals surface area contributed by atoms with Crippen LogP contribution < -0.4 is 10.1 Å². The summed E-state index contributed by atoms with van der Waals surface area (Å²) in [4.78, 5) is 12.2. The summed E-state index contributed by atoms with van der Waals surface area (Å²) in [5.74, 6) is -0.569. The topological polar surface area (TPSA) is 72.5 Å². The minimum absolute atomic E-state index is 0.178. The first-order valence-electron chi connectivity index (χ1n) is 9.37. The van der Waals surface area contributed by atoms with Gasteiger partial charge in [0, 0.05) is 11.0 Å². The Balaban J connectivity index is 1.50. The van der Waals surface area contributed by atoms with Crippen LogP contribution in [0.3, 0.4) is 0 Å². The van der Waals surface area contributed by atoms with Crippen molar-refractivity contribution in [2.24, 2.45) is 0 Å². The van der Waals surface area contributed by atoms with E-state index in [1.165, 1.54) is 0 Å². The average Bonchev–Trinajstić information content (AvgIpc) is 2.71. The molecular formula is C23H22BrNO4S. The molecule has 0 spiro atoms. The quantitative estimate of drug-likeness (QED) is 0.489. The summed E-state index contributed by atoms with van der Waals surface area (Å²) in [6.07, 6.45) is 0. The smallest absolute Gasteiger partial charge is 0.235 e. The van der Waals surface area contributed by atoms with Gasteiger partial charge in [-0.2, -0.15) is 0 Å². The van der Waals surface area contributed by atoms with E-state index in [1.54, 1.807) is 18.2 Å². The third-order valence-electron chi connectivity index (χ3n) is 4.26. The van der Waals surface area contributed by atoms with Gasteiger partial charge in [-0.05, 0) is 41.0 Å². The number of amides is 1. The number of hydrogen-bond donors (Lipinski definition) is 1. The Morgan fingerprint density at radius 3 is 2.33 bits per heavy atom. The van der Waals surface area contributed by atoms with Crippen molar-refractivity contribution in [3.05, 3.63) is 100 Å². The molecule has 7 heteroatoms. The van der Waals surface area contributed by atoms with Crippen LogP contribution in [0.2, 0.25) is 0 Å². The van der Waals surface area contributed by atoms with Crippen LogP contribution in [0.4, 0.5) is 0 Å². The van der Waals surface area contributed by atoms with E-state index >= 15 is 0 Å². The Labute approximate surface area is 185 Å². The van der Waals surface area contributed by atoms with Crippen molar-refractivity contribution in [1.29, 1.82) is 0 Å². The zero-order valence-corrected chi connectivity index (χ0v) is 18.7. The van der Waals surface area contributed by atoms with E-state index in [1.807, 2.05) is 60.7 Å². The van der Waals surface area contributed by atoms with Crippen LogP contribution in [0.5, 0.6) is 5.75 Å². The highest BCUT2D eigenvalue weighted by Gasteiger charge is 2.17. The first kappa shape index (κ1) is 22.1. The first-order chi connectivity index (χ1) is 14.4. The van der Waals surface area contributed by atoms with Gasteiger partial charge in [0.1, 0.15) is 18.1 Å². The van der Waals surface area contributed by atoms with Crippen molar-refractivity contribution in [3.8, 4) is 5.75 Å². The van der Waals surface area contributed by atoms with Gasteiger partial charge in [-0.25, -0.2) is 8.42 Å². The van der Waals surface area contributed by atoms with Crippen molar-refractivity contribution in [3.63, 3.8) is 0 Å². The molecule has 0 aromatic heterocycles. The highest BCUT2D eigenvalue weighted by Crippen LogP contribution is 2.16. The molecule has 1 N–H and O–H groups in total. The summed E-state index contributed by atoms with van der Waals surface area (Å²) in [7, 11) is -3.56. The number of rotatable bonds is 9. The lowest BCUT2D eigenvalue weighted by atomic mass is 10.2. The largest absolute Gasteiger partial charge is 0.489 e. The lowest BCUT2D eigenvalue weighted by Gasteiger charge is -2.10. The Hall–Kier alpha value is -2.64. The molecule has 0 fully saturated rings. The highest BCUT2D eigenvalue weighted by atomic mass is 79.9. The van der Waals surface area contributed by atoms with Gasteiger partial charge in [-0.15, -0.1) is 0 Å². The Bertz CT molecular complexity index is 1100. The molecule has 0 bridgehead atoms. The minimum atomic E-state index is -3.56. The van der Waals surface area contributed by atoms with E-state index in [4.69, 9.17) is 4.74 Å². The highest BCUT2D eigenvalue weighted by molar-refractivity contribution is 9.10. The van der Waals surface area contributed by atoms with Crippen LogP contribution in [0, 0.1) is 0 Å². The third kappa shape index (κ3) is 7.31. The van der Waals surface area contributed by atoms with Crippen LogP contribution in [0.25, 0.3) is 0 Å². The lowest BCUT2D eigenvalue weighted by molar-refractivity contribution is -0.118. The molecule has 0 aliphatic carbocycles. The van der Waals surface area contributed by atoms with Gasteiger partial charge < -0.3 is 10.1 Å². The van der Waals surface area contributed by atoms with E-state index in [0.717, 1.165) is 15.6 Å². The normalized spacial score (nSPS) is 11.1. The Kier molecular flexibility index (Phi) is 7.65. The molecule has 0 aliphatic rings. The number of nitrogens with one attached hydrogen (secondary N) is 1. The third-order valence-corrected chi connectivity index (χ3v) is 6.23. The molecule has 0 atom stereocenters. The summed E-state index contributed by atoms with van der Waals surface area (Å²) in [6, 6.07) is 24.2. The molecule has 0 radical (unpaired) electrons. The molecule has 3 rings (SSSR count). The molecule has 0 unspecified atom stereocenters. The van der Waals surface area contributed by atoms with Gasteiger partial charge in [0.15, 0.2) is 9.84 Å². The fourth-order valence-electron chi connectivity index (χ4n) is 2.87. The number of halogens is 1. The predicted octanol–water partition coefficient (Wildman–Crippen LogP) is 4.26. The van der Waals surface area contributed by atoms with Crippen LogP contribution >= 0.6 is 15.9 Å². The summed E-state index contributed by atoms with van der Waals surface area (Å²) < 4.78 is 31.2. The molecule has 0 saturated heterocycles. The fraction of sp³-hybridized carbons (Fsp3) is 0.174. The fourth-order valence-corrected chi connectivity index (χ4v) is 4.61. The van der Waals surface area contributed by atoms with Gasteiger partial charge in [0.25, 0.3) is 0 Å². The monoisotopic (exact) mass is 487 g/mol. The Morgan fingerprint density at radius 2 is 1.57 bits per heavy atom. The lowest BCUT2D eigenvalue weighted by Crippen LogP contribution is -2.30. The van der Waals surface area contributed by atoms with E-state index in [9.17, 15) is 13.2 Å². The second-order valence-electron chi connectivity index (χ2n) is 6.86. The molecule has 3 aromatic rings. The second-order valence-corrected chi connectivity index (χ2v) is 9.84. The zero-order valence-electron chi connectivity index (χ0n) is 16.3. The van der Waals surface area contributed by atoms with E-state index in [0.29, 0.717) is 17.9 Å². The van der Waals surface area contributed by atoms with Gasteiger partial charge in [0.2, 0.25) is 5.91 Å². The maximum Gasteiger partial charge on any atom is 0.235 e. The summed E-state index contributed by atoms with van der Waals surface area (Å²) in [5, 5.41) is 2.67. The number of carbonyl (C=O) groups is 1. The number of benzene rings is 3. The first-order valence-corrected chi connectivity index (χ1v) is 12.0. The van der Waals surface area contributed by atoms with Crippen molar-refractivity contribution >= 4 is 31.7 Å². The standard InChI is InChI=1S/C23H22BrNO4S/c24-21-10-4-9-20(12-21)16-30(27,28)17-23(26)25-14-19-8-5-11-22(13-19)29-15-18-6-2-1-3-7-18/h1-13H,14-17H2,(H,25,26). The summed E-state index contributed by atoms with van der Waals surface area (Å²) in [6.45, 7) is 0.679. The van der Waals surface area contributed by atoms with E-state index in [-0.39, 0.29) is 12.3 Å². The van der Waals surface area contributed by atoms with E-state index < -0.39 is 21.5 Å². The van der Waals surface area contributed by atoms with Crippen LogP contribution in [-0.2, 0) is 33.5 Å². The van der Waals surface area contributed by atoms with Gasteiger partial charge in [0.05, 0.1) is 5.75 Å². The molecular weight excluding hydrogens is 466 g/mol. The predicted molar refractivity (Wildman–Crippen MR) is 121 cm³/mol. The molecule has 3 aromatic carbocycles. The van der Waals surface area contributed by atoms with Crippen molar-refractivity contribution < 1.29 is 17.9 Å². The summed E-state index contributed by atoms with van der Waals surface area (Å²) >= 11 is 3.32. The second kappa shape index (κ2) is 10.4. The van der Waals surface area contributed by atoms with Crippen LogP contribution in [-0.4, -0.2) is 20.1 Å². The molecule has 5 nitrogen and oxygen atoms in total. The number of ether oxygens (including phenoxy) is 1. The average molecular weight is 488 g/mol. The number of hydrogen-bond acceptors (Lipinski definition) is 4. The SMILES string of the molecule is O=C(CS(=O)(=O)Cc1cccc(Br)c1)NCc1cccc(OCc2ccccc2)c1. The zero-order chi connectivity index (χ0) is 21.4. The summed E-state index contributed by atoms with van der Waals surface area (Å²) in [5.41, 5.74) is 2.53. The Morgan fingerprint density at radius 1 is 0.867 bits per heavy atom. The number of carbonyl (C=O) groups excluding carboxylic acids is 1. The number of sulfone groups is 1. The van der Waals surface area contributed by atoms with Crippen molar-refractivity contribution in [2.75, 3.05) is 5.75 Å². The van der Waals surface area contributed by atoms with Gasteiger partial charge in [-0.1, -0.05) is 70.5 Å². The maximum atomic E-state index is 12.3. The molecule has 30 heavy (non-hydrogen) atoms. The van der Waals surface area contributed by atoms with E-state index in [2.05, 4.69) is 21.2 Å². The van der Waals surface area contributed by atoms with Crippen molar-refractivity contribution in [1.82, 2.24) is 5.32 Å². The molecule has 1 amide bonds. The maximum absolute atomic E-state index is 12.3. The molecule has 0 saturated carbocycles. The molecule has 0 heterocycles. The van der Waals surface area contributed by atoms with Crippen LogP contribution in [0.1, 0.15) is 16.7 Å². The van der Waals surface area contributed by atoms with Crippen molar-refractivity contribution in [2.45, 2.75) is 18.9 Å².